The van der Waals surface area contributed by atoms with Crippen LogP contribution in [0.1, 0.15) is 25.0 Å². The second kappa shape index (κ2) is 24.5. The van der Waals surface area contributed by atoms with E-state index in [9.17, 15) is 17.6 Å². The molecule has 0 radical (unpaired) electrons. The fourth-order valence-corrected chi connectivity index (χ4v) is 7.76. The number of hydrogen-bond acceptors (Lipinski definition) is 13. The van der Waals surface area contributed by atoms with Crippen molar-refractivity contribution < 1.29 is 36.5 Å². The largest absolute Gasteiger partial charge is 0.494 e. The first-order valence-corrected chi connectivity index (χ1v) is 22.8. The van der Waals surface area contributed by atoms with Gasteiger partial charge in [-0.3, -0.25) is 0 Å². The molecule has 1 aliphatic rings. The van der Waals surface area contributed by atoms with Gasteiger partial charge in [0.1, 0.15) is 18.5 Å². The molecule has 10 N–H and O–H groups in total. The highest BCUT2D eigenvalue weighted by Gasteiger charge is 2.30. The lowest BCUT2D eigenvalue weighted by Gasteiger charge is -2.28. The molecule has 1 fully saturated rings. The van der Waals surface area contributed by atoms with Crippen molar-refractivity contribution in [1.29, 1.82) is 0 Å². The maximum atomic E-state index is 14.6. The molecule has 2 atom stereocenters. The van der Waals surface area contributed by atoms with Gasteiger partial charge in [-0.25, -0.2) is 15.2 Å². The third kappa shape index (κ3) is 15.0. The molecular formula is C50H60F4N10O4. The predicted octanol–water partition coefficient (Wildman–Crippen LogP) is 7.36. The zero-order valence-electron chi connectivity index (χ0n) is 37.9. The number of piperidine rings is 1. The number of nitrogens with two attached hydrogens (primary N) is 3. The molecule has 14 nitrogen and oxygen atoms in total. The maximum absolute atomic E-state index is 14.6. The molecular weight excluding hydrogens is 881 g/mol. The fraction of sp³-hybridized carbons (Fsp3) is 0.380. The SMILES string of the molecule is N/C(=C\N(N)CCOCCOCCOCCNc1ccc2cc3ccc(N)cc3nc2c1)CCCOc1cccc(NCC#Cc2cc3c(NC4CCNCC4F)cccc3n2CC(F)(F)F)c1. The molecule has 0 spiro atoms. The van der Waals surface area contributed by atoms with E-state index in [0.29, 0.717) is 119 Å². The first-order valence-electron chi connectivity index (χ1n) is 22.8. The minimum absolute atomic E-state index is 0.175. The van der Waals surface area contributed by atoms with E-state index in [4.69, 9.17) is 41.2 Å². The summed E-state index contributed by atoms with van der Waals surface area (Å²) in [4.78, 5) is 4.75. The topological polar surface area (TPSA) is 184 Å². The zero-order valence-corrected chi connectivity index (χ0v) is 37.9. The van der Waals surface area contributed by atoms with Gasteiger partial charge in [0, 0.05) is 70.0 Å². The number of halogens is 4. The Kier molecular flexibility index (Phi) is 17.8. The number of hydrazine groups is 1. The molecule has 2 aromatic heterocycles. The summed E-state index contributed by atoms with van der Waals surface area (Å²) in [5, 5.41) is 17.0. The quantitative estimate of drug-likeness (QED) is 0.00609. The van der Waals surface area contributed by atoms with E-state index in [1.54, 1.807) is 30.5 Å². The van der Waals surface area contributed by atoms with Crippen LogP contribution in [0.2, 0.25) is 0 Å². The molecule has 362 valence electrons. The number of allylic oxidation sites excluding steroid dienone is 1. The second-order valence-corrected chi connectivity index (χ2v) is 16.4. The summed E-state index contributed by atoms with van der Waals surface area (Å²) >= 11 is 0. The molecule has 0 aliphatic carbocycles. The van der Waals surface area contributed by atoms with E-state index in [1.807, 2.05) is 54.6 Å². The van der Waals surface area contributed by atoms with Crippen LogP contribution in [-0.4, -0.2) is 112 Å². The van der Waals surface area contributed by atoms with E-state index in [0.717, 1.165) is 37.7 Å². The predicted molar refractivity (Wildman–Crippen MR) is 262 cm³/mol. The number of nitrogens with one attached hydrogen (secondary N) is 4. The summed E-state index contributed by atoms with van der Waals surface area (Å²) in [7, 11) is 0. The van der Waals surface area contributed by atoms with Crippen molar-refractivity contribution in [2.75, 3.05) is 101 Å². The van der Waals surface area contributed by atoms with Crippen molar-refractivity contribution in [3.05, 3.63) is 109 Å². The Morgan fingerprint density at radius 2 is 1.62 bits per heavy atom. The van der Waals surface area contributed by atoms with Crippen LogP contribution in [0.4, 0.5) is 40.3 Å². The lowest BCUT2D eigenvalue weighted by atomic mass is 10.0. The van der Waals surface area contributed by atoms with Gasteiger partial charge in [-0.1, -0.05) is 30.2 Å². The zero-order chi connectivity index (χ0) is 47.7. The Labute approximate surface area is 393 Å². The van der Waals surface area contributed by atoms with E-state index >= 15 is 0 Å². The van der Waals surface area contributed by atoms with Gasteiger partial charge in [-0.2, -0.15) is 13.2 Å². The molecule has 7 rings (SSSR count). The molecule has 1 aliphatic heterocycles. The average Bonchev–Trinajstić information content (AvgIpc) is 3.65. The van der Waals surface area contributed by atoms with Crippen LogP contribution in [0.25, 0.3) is 32.7 Å². The summed E-state index contributed by atoms with van der Waals surface area (Å²) in [5.74, 6) is 12.6. The normalized spacial score (nSPS) is 15.3. The Bertz CT molecular complexity index is 2670. The van der Waals surface area contributed by atoms with Crippen LogP contribution >= 0.6 is 0 Å². The fourth-order valence-electron chi connectivity index (χ4n) is 7.76. The lowest BCUT2D eigenvalue weighted by molar-refractivity contribution is -0.140. The van der Waals surface area contributed by atoms with Crippen LogP contribution in [0, 0.1) is 11.8 Å². The second-order valence-electron chi connectivity index (χ2n) is 16.4. The number of rotatable bonds is 24. The number of nitrogen functional groups attached to an aromatic ring is 1. The average molecular weight is 941 g/mol. The molecule has 4 aromatic carbocycles. The van der Waals surface area contributed by atoms with Crippen LogP contribution in [0.15, 0.2) is 103 Å². The van der Waals surface area contributed by atoms with Gasteiger partial charge in [0.05, 0.1) is 87.6 Å². The Morgan fingerprint density at radius 3 is 2.43 bits per heavy atom. The van der Waals surface area contributed by atoms with Gasteiger partial charge < -0.3 is 61.3 Å². The lowest BCUT2D eigenvalue weighted by Crippen LogP contribution is -2.45. The molecule has 6 aromatic rings. The highest BCUT2D eigenvalue weighted by molar-refractivity contribution is 5.95. The number of pyridine rings is 1. The van der Waals surface area contributed by atoms with Crippen LogP contribution in [0.3, 0.4) is 0 Å². The number of nitrogens with zero attached hydrogens (tertiary/aromatic N) is 3. The van der Waals surface area contributed by atoms with Gasteiger partial charge in [0.2, 0.25) is 0 Å². The van der Waals surface area contributed by atoms with Crippen LogP contribution in [-0.2, 0) is 20.8 Å². The van der Waals surface area contributed by atoms with Gasteiger partial charge in [-0.15, -0.1) is 0 Å². The van der Waals surface area contributed by atoms with Crippen molar-refractivity contribution in [2.45, 2.75) is 44.2 Å². The van der Waals surface area contributed by atoms with E-state index < -0.39 is 24.9 Å². The van der Waals surface area contributed by atoms with Gasteiger partial charge in [0.15, 0.2) is 0 Å². The summed E-state index contributed by atoms with van der Waals surface area (Å²) in [6.07, 6.45) is -2.12. The monoisotopic (exact) mass is 940 g/mol. The molecule has 68 heavy (non-hydrogen) atoms. The first kappa shape index (κ1) is 49.4. The Hall–Kier alpha value is -6.49. The van der Waals surface area contributed by atoms with Crippen LogP contribution in [0.5, 0.6) is 5.75 Å². The van der Waals surface area contributed by atoms with E-state index in [1.165, 1.54) is 5.01 Å². The molecule has 1 saturated heterocycles. The summed E-state index contributed by atoms with van der Waals surface area (Å²) < 4.78 is 79.7. The number of benzene rings is 4. The molecule has 2 unspecified atom stereocenters. The van der Waals surface area contributed by atoms with Crippen molar-refractivity contribution >= 4 is 55.5 Å². The van der Waals surface area contributed by atoms with Crippen molar-refractivity contribution in [1.82, 2.24) is 19.9 Å². The standard InChI is InChI=1S/C50H60F4N10O4/c51-44-32-58-17-15-46(44)61-45-9-2-10-49-43(45)31-41(64(49)34-50(52,53)54)7-3-16-59-39-6-1-8-42(29-39)68-20-4-5-38(56)33-63(57)19-22-66-24-26-67-25-23-65-21-18-60-40-14-12-36-27-35-11-13-37(55)28-47(35)62-48(36)30-40/h1-2,6,8-14,27-31,33,44,46,58-61H,4-5,15-26,32,34,55-57H2/b38-33-. The summed E-state index contributed by atoms with van der Waals surface area (Å²) in [6, 6.07) is 27.5. The summed E-state index contributed by atoms with van der Waals surface area (Å²) in [6.45, 7) is 4.10. The Morgan fingerprint density at radius 1 is 0.868 bits per heavy atom. The highest BCUT2D eigenvalue weighted by atomic mass is 19.4. The van der Waals surface area contributed by atoms with Gasteiger partial charge in [0.25, 0.3) is 0 Å². The highest BCUT2D eigenvalue weighted by Crippen LogP contribution is 2.32. The molecule has 0 amide bonds. The van der Waals surface area contributed by atoms with E-state index in [2.05, 4.69) is 45.2 Å². The first-order chi connectivity index (χ1) is 33.0. The third-order valence-corrected chi connectivity index (χ3v) is 11.1. The maximum Gasteiger partial charge on any atom is 0.406 e. The minimum Gasteiger partial charge on any atom is -0.494 e. The number of hydrogen-bond donors (Lipinski definition) is 7. The number of anilines is 4. The van der Waals surface area contributed by atoms with Crippen molar-refractivity contribution in [2.24, 2.45) is 11.6 Å². The Balaban J connectivity index is 0.733. The van der Waals surface area contributed by atoms with Crippen LogP contribution < -0.4 is 43.3 Å². The number of alkyl halides is 4. The third-order valence-electron chi connectivity index (χ3n) is 11.1. The molecule has 18 heteroatoms. The molecule has 0 saturated carbocycles. The van der Waals surface area contributed by atoms with Gasteiger partial charge >= 0.3 is 6.18 Å². The number of aromatic nitrogens is 2. The summed E-state index contributed by atoms with van der Waals surface area (Å²) in [5.41, 5.74) is 18.1. The minimum atomic E-state index is -4.46. The molecule has 0 bridgehead atoms. The number of ether oxygens (including phenoxy) is 4. The number of fused-ring (bicyclic) bond motifs is 3. The smallest absolute Gasteiger partial charge is 0.406 e. The van der Waals surface area contributed by atoms with Crippen molar-refractivity contribution in [3.8, 4) is 17.6 Å². The van der Waals surface area contributed by atoms with E-state index in [-0.39, 0.29) is 18.8 Å². The van der Waals surface area contributed by atoms with Gasteiger partial charge in [-0.05, 0) is 92.4 Å². The molecule has 3 heterocycles. The van der Waals surface area contributed by atoms with Crippen molar-refractivity contribution in [3.63, 3.8) is 0 Å².